The summed E-state index contributed by atoms with van der Waals surface area (Å²) in [4.78, 5) is 2.50. The highest BCUT2D eigenvalue weighted by Gasteiger charge is 2.31. The first kappa shape index (κ1) is 24.0. The van der Waals surface area contributed by atoms with E-state index < -0.39 is 0 Å². The molecule has 6 heteroatoms. The molecule has 35 heavy (non-hydrogen) atoms. The summed E-state index contributed by atoms with van der Waals surface area (Å²) in [5, 5.41) is 20.2. The smallest absolute Gasteiger partial charge is 0.150 e. The van der Waals surface area contributed by atoms with E-state index >= 15 is 0 Å². The molecule has 2 N–H and O–H groups in total. The minimum atomic E-state index is -0.361. The molecule has 0 amide bonds. The lowest BCUT2D eigenvalue weighted by molar-refractivity contribution is 0.169. The van der Waals surface area contributed by atoms with Crippen LogP contribution in [0.3, 0.4) is 0 Å². The Bertz CT molecular complexity index is 1240. The number of aromatic hydroxyl groups is 2. The zero-order valence-corrected chi connectivity index (χ0v) is 22.1. The van der Waals surface area contributed by atoms with Crippen LogP contribution in [0.15, 0.2) is 66.7 Å². The van der Waals surface area contributed by atoms with Crippen LogP contribution in [0.5, 0.6) is 23.0 Å². The van der Waals surface area contributed by atoms with Gasteiger partial charge >= 0.3 is 0 Å². The summed E-state index contributed by atoms with van der Waals surface area (Å²) in [6.45, 7) is 7.48. The maximum absolute atomic E-state index is 10.1. The van der Waals surface area contributed by atoms with Gasteiger partial charge in [-0.05, 0) is 102 Å². The first-order valence-electron chi connectivity index (χ1n) is 12.0. The van der Waals surface area contributed by atoms with Crippen LogP contribution in [0.1, 0.15) is 43.1 Å². The Kier molecular flexibility index (Phi) is 6.93. The van der Waals surface area contributed by atoms with Crippen molar-refractivity contribution in [3.05, 3.63) is 83.4 Å². The predicted molar refractivity (Wildman–Crippen MR) is 147 cm³/mol. The lowest BCUT2D eigenvalue weighted by atomic mass is 9.90. The Morgan fingerprint density at radius 1 is 1.06 bits per heavy atom. The van der Waals surface area contributed by atoms with Gasteiger partial charge in [0.15, 0.2) is 6.10 Å². The number of phenols is 2. The van der Waals surface area contributed by atoms with Crippen LogP contribution in [0.2, 0.25) is 0 Å². The van der Waals surface area contributed by atoms with Crippen molar-refractivity contribution in [2.45, 2.75) is 32.4 Å². The van der Waals surface area contributed by atoms with Crippen molar-refractivity contribution in [3.63, 3.8) is 0 Å². The third kappa shape index (κ3) is 5.14. The van der Waals surface area contributed by atoms with E-state index in [1.165, 1.54) is 6.42 Å². The van der Waals surface area contributed by atoms with Crippen molar-refractivity contribution in [1.82, 2.24) is 4.90 Å². The van der Waals surface area contributed by atoms with Crippen LogP contribution in [-0.4, -0.2) is 40.9 Å². The monoisotopic (exact) mass is 583 g/mol. The van der Waals surface area contributed by atoms with E-state index in [9.17, 15) is 10.2 Å². The average Bonchev–Trinajstić information content (AvgIpc) is 3.29. The number of hydrogen-bond donors (Lipinski definition) is 2. The molecular formula is C29H30INO4. The highest BCUT2D eigenvalue weighted by molar-refractivity contribution is 14.1. The van der Waals surface area contributed by atoms with Gasteiger partial charge in [-0.3, -0.25) is 4.90 Å². The summed E-state index contributed by atoms with van der Waals surface area (Å²) in [6, 6.07) is 20.8. The molecule has 5 rings (SSSR count). The van der Waals surface area contributed by atoms with Crippen molar-refractivity contribution < 1.29 is 19.7 Å². The Labute approximate surface area is 220 Å². The second-order valence-electron chi connectivity index (χ2n) is 9.57. The third-order valence-corrected chi connectivity index (χ3v) is 8.02. The zero-order valence-electron chi connectivity index (χ0n) is 19.9. The van der Waals surface area contributed by atoms with Crippen molar-refractivity contribution >= 4 is 31.7 Å². The van der Waals surface area contributed by atoms with Gasteiger partial charge in [0.25, 0.3) is 0 Å². The molecule has 3 aromatic carbocycles. The van der Waals surface area contributed by atoms with Gasteiger partial charge in [0.2, 0.25) is 0 Å². The Morgan fingerprint density at radius 3 is 2.54 bits per heavy atom. The maximum Gasteiger partial charge on any atom is 0.150 e. The van der Waals surface area contributed by atoms with Crippen LogP contribution >= 0.6 is 22.6 Å². The highest BCUT2D eigenvalue weighted by atomic mass is 127. The highest BCUT2D eigenvalue weighted by Crippen LogP contribution is 2.50. The number of hydrogen-bond acceptors (Lipinski definition) is 5. The number of likely N-dealkylation sites (tertiary alicyclic amines) is 1. The van der Waals surface area contributed by atoms with Crippen LogP contribution < -0.4 is 9.47 Å². The fourth-order valence-electron chi connectivity index (χ4n) is 4.86. The Morgan fingerprint density at radius 2 is 1.83 bits per heavy atom. The summed E-state index contributed by atoms with van der Waals surface area (Å²) in [7, 11) is 0. The average molecular weight is 583 g/mol. The second kappa shape index (κ2) is 10.1. The number of fused-ring (bicyclic) bond motifs is 1. The van der Waals surface area contributed by atoms with Gasteiger partial charge in [0.1, 0.15) is 29.6 Å². The molecule has 0 radical (unpaired) electrons. The summed E-state index contributed by atoms with van der Waals surface area (Å²) in [5.41, 5.74) is 3.66. The molecule has 182 valence electrons. The van der Waals surface area contributed by atoms with Gasteiger partial charge in [-0.1, -0.05) is 31.2 Å². The molecule has 0 spiro atoms. The summed E-state index contributed by atoms with van der Waals surface area (Å²) < 4.78 is 13.6. The van der Waals surface area contributed by atoms with E-state index in [0.29, 0.717) is 12.6 Å². The number of phenolic OH excluding ortho intramolecular Hbond substituents is 2. The van der Waals surface area contributed by atoms with Gasteiger partial charge in [-0.15, -0.1) is 0 Å². The second-order valence-corrected chi connectivity index (χ2v) is 10.7. The number of halogens is 1. The van der Waals surface area contributed by atoms with Gasteiger partial charge in [-0.25, -0.2) is 0 Å². The summed E-state index contributed by atoms with van der Waals surface area (Å²) in [5.74, 6) is 2.71. The molecule has 1 fully saturated rings. The molecule has 0 aliphatic carbocycles. The van der Waals surface area contributed by atoms with Gasteiger partial charge in [0.05, 0.1) is 0 Å². The van der Waals surface area contributed by atoms with Gasteiger partial charge < -0.3 is 19.7 Å². The lowest BCUT2D eigenvalue weighted by Gasteiger charge is -2.30. The minimum absolute atomic E-state index is 0.189. The standard InChI is InChI=1S/C29H30INO4/c1-18-12-13-31(16-18)19(2)17-34-24-9-6-20(7-10-24)29-27(21-4-3-5-22(32)14-21)28(30)25-15-23(33)8-11-26(25)35-29/h3-11,14-15,18-19,29,32-33H,12-13,16-17H2,1-2H3/t18-,19+,29?/m1/s1. The molecular weight excluding hydrogens is 553 g/mol. The minimum Gasteiger partial charge on any atom is -0.508 e. The quantitative estimate of drug-likeness (QED) is 0.319. The molecule has 5 nitrogen and oxygen atoms in total. The first-order chi connectivity index (χ1) is 16.9. The van der Waals surface area contributed by atoms with Crippen molar-refractivity contribution in [2.24, 2.45) is 5.92 Å². The van der Waals surface area contributed by atoms with Gasteiger partial charge in [-0.2, -0.15) is 0 Å². The van der Waals surface area contributed by atoms with E-state index in [0.717, 1.165) is 56.3 Å². The van der Waals surface area contributed by atoms with E-state index in [-0.39, 0.29) is 17.6 Å². The molecule has 1 unspecified atom stereocenters. The van der Waals surface area contributed by atoms with Crippen molar-refractivity contribution in [1.29, 1.82) is 0 Å². The number of nitrogens with zero attached hydrogens (tertiary/aromatic N) is 1. The maximum atomic E-state index is 10.1. The van der Waals surface area contributed by atoms with Crippen LogP contribution in [-0.2, 0) is 0 Å². The zero-order chi connectivity index (χ0) is 24.5. The number of rotatable bonds is 6. The van der Waals surface area contributed by atoms with Crippen LogP contribution in [0, 0.1) is 5.92 Å². The molecule has 1 saturated heterocycles. The Balaban J connectivity index is 1.41. The lowest BCUT2D eigenvalue weighted by Crippen LogP contribution is -2.35. The molecule has 2 heterocycles. The largest absolute Gasteiger partial charge is 0.508 e. The molecule has 2 aliphatic rings. The first-order valence-corrected chi connectivity index (χ1v) is 13.1. The topological polar surface area (TPSA) is 62.2 Å². The van der Waals surface area contributed by atoms with Crippen LogP contribution in [0.25, 0.3) is 9.15 Å². The third-order valence-electron chi connectivity index (χ3n) is 6.85. The Hall–Kier alpha value is -2.71. The van der Waals surface area contributed by atoms with Crippen molar-refractivity contribution in [2.75, 3.05) is 19.7 Å². The van der Waals surface area contributed by atoms with E-state index in [1.807, 2.05) is 36.4 Å². The molecule has 0 saturated carbocycles. The molecule has 0 bridgehead atoms. The van der Waals surface area contributed by atoms with Gasteiger partial charge in [0, 0.05) is 27.3 Å². The molecule has 3 atom stereocenters. The number of benzene rings is 3. The molecule has 0 aromatic heterocycles. The molecule has 3 aromatic rings. The van der Waals surface area contributed by atoms with E-state index in [4.69, 9.17) is 9.47 Å². The SMILES string of the molecule is C[C@@H]1CCN([C@@H](C)COc2ccc(C3Oc4ccc(O)cc4C(I)=C3c3cccc(O)c3)cc2)C1. The summed E-state index contributed by atoms with van der Waals surface area (Å²) in [6.07, 6.45) is 0.900. The fourth-order valence-corrected chi connectivity index (χ4v) is 5.87. The predicted octanol–water partition coefficient (Wildman–Crippen LogP) is 6.64. The normalized spacial score (nSPS) is 20.9. The summed E-state index contributed by atoms with van der Waals surface area (Å²) >= 11 is 2.31. The fraction of sp³-hybridized carbons (Fsp3) is 0.310. The van der Waals surface area contributed by atoms with Crippen molar-refractivity contribution in [3.8, 4) is 23.0 Å². The molecule has 2 aliphatic heterocycles. The van der Waals surface area contributed by atoms with E-state index in [1.54, 1.807) is 30.3 Å². The number of ether oxygens (including phenoxy) is 2. The van der Waals surface area contributed by atoms with Crippen LogP contribution in [0.4, 0.5) is 0 Å². The van der Waals surface area contributed by atoms with E-state index in [2.05, 4.69) is 41.3 Å².